The lowest BCUT2D eigenvalue weighted by Crippen LogP contribution is -2.51. The normalized spacial score (nSPS) is 14.8. The Kier molecular flexibility index (Phi) is 5.33. The summed E-state index contributed by atoms with van der Waals surface area (Å²) in [5, 5.41) is 24.3. The lowest BCUT2D eigenvalue weighted by molar-refractivity contribution is -0.123. The van der Waals surface area contributed by atoms with Crippen LogP contribution < -0.4 is 10.6 Å². The van der Waals surface area contributed by atoms with Crippen LogP contribution in [-0.2, 0) is 11.2 Å². The van der Waals surface area contributed by atoms with E-state index in [2.05, 4.69) is 21.7 Å². The minimum Gasteiger partial charge on any atom is -0.439 e. The fraction of sp³-hybridized carbons (Fsp3) is 0.227. The van der Waals surface area contributed by atoms with Crippen molar-refractivity contribution in [3.8, 4) is 12.1 Å². The molecule has 0 spiro atoms. The number of aromatic nitrogens is 1. The third-order valence-corrected chi connectivity index (χ3v) is 5.23. The lowest BCUT2D eigenvalue weighted by Gasteiger charge is -2.19. The van der Waals surface area contributed by atoms with Gasteiger partial charge in [0.25, 0.3) is 5.91 Å². The van der Waals surface area contributed by atoms with Crippen LogP contribution in [0.15, 0.2) is 46.9 Å². The van der Waals surface area contributed by atoms with Crippen LogP contribution in [0, 0.1) is 22.7 Å². The molecule has 3 aromatic rings. The number of nitriles is 2. The number of carbonyl (C=O) groups is 2. The molecule has 1 unspecified atom stereocenters. The van der Waals surface area contributed by atoms with Gasteiger partial charge >= 0.3 is 0 Å². The van der Waals surface area contributed by atoms with Crippen molar-refractivity contribution in [3.05, 3.63) is 64.5 Å². The van der Waals surface area contributed by atoms with Crippen molar-refractivity contribution in [2.24, 2.45) is 0 Å². The summed E-state index contributed by atoms with van der Waals surface area (Å²) in [4.78, 5) is 30.0. The summed E-state index contributed by atoms with van der Waals surface area (Å²) in [5.74, 6) is -0.832. The number of amides is 2. The summed E-state index contributed by atoms with van der Waals surface area (Å²) in [6.45, 7) is 0. The van der Waals surface area contributed by atoms with Crippen molar-refractivity contribution < 1.29 is 14.0 Å². The van der Waals surface area contributed by atoms with Crippen LogP contribution in [0.5, 0.6) is 0 Å². The standard InChI is InChI=1S/C22H16ClN5O3/c23-15-5-1-3-13(9-15)20(29)27-17(21(30)28-22(12-25)7-8-22)10-18-26-16-6-2-4-14(11-24)19(16)31-18/h1-6,9,17H,7-8,10H2,(H,27,29)(H,28,30). The van der Waals surface area contributed by atoms with E-state index >= 15 is 0 Å². The van der Waals surface area contributed by atoms with E-state index in [9.17, 15) is 20.1 Å². The van der Waals surface area contributed by atoms with E-state index in [-0.39, 0.29) is 17.9 Å². The summed E-state index contributed by atoms with van der Waals surface area (Å²) in [7, 11) is 0. The molecule has 0 saturated heterocycles. The number of hydrogen-bond donors (Lipinski definition) is 2. The Labute approximate surface area is 182 Å². The summed E-state index contributed by atoms with van der Waals surface area (Å²) in [5.41, 5.74) is 0.504. The number of benzene rings is 2. The van der Waals surface area contributed by atoms with E-state index in [1.54, 1.807) is 36.4 Å². The van der Waals surface area contributed by atoms with Crippen LogP contribution >= 0.6 is 11.6 Å². The van der Waals surface area contributed by atoms with E-state index in [0.29, 0.717) is 34.5 Å². The van der Waals surface area contributed by atoms with Gasteiger partial charge in [-0.1, -0.05) is 23.7 Å². The van der Waals surface area contributed by atoms with E-state index in [1.165, 1.54) is 6.07 Å². The van der Waals surface area contributed by atoms with Gasteiger partial charge in [-0.3, -0.25) is 9.59 Å². The fourth-order valence-corrected chi connectivity index (χ4v) is 3.33. The number of para-hydroxylation sites is 1. The highest BCUT2D eigenvalue weighted by molar-refractivity contribution is 6.31. The maximum atomic E-state index is 12.9. The molecule has 1 heterocycles. The second kappa shape index (κ2) is 8.10. The number of nitrogens with zero attached hydrogens (tertiary/aromatic N) is 3. The number of nitrogens with one attached hydrogen (secondary N) is 2. The zero-order valence-corrected chi connectivity index (χ0v) is 16.9. The molecular weight excluding hydrogens is 418 g/mol. The molecule has 2 N–H and O–H groups in total. The third-order valence-electron chi connectivity index (χ3n) is 4.99. The monoisotopic (exact) mass is 433 g/mol. The maximum Gasteiger partial charge on any atom is 0.251 e. The zero-order chi connectivity index (χ0) is 22.0. The second-order valence-corrected chi connectivity index (χ2v) is 7.73. The first-order valence-electron chi connectivity index (χ1n) is 9.51. The van der Waals surface area contributed by atoms with Crippen molar-refractivity contribution in [3.63, 3.8) is 0 Å². The molecule has 154 valence electrons. The summed E-state index contributed by atoms with van der Waals surface area (Å²) >= 11 is 5.96. The van der Waals surface area contributed by atoms with Gasteiger partial charge in [-0.05, 0) is 43.2 Å². The largest absolute Gasteiger partial charge is 0.439 e. The van der Waals surface area contributed by atoms with Gasteiger partial charge in [0.15, 0.2) is 11.5 Å². The average molecular weight is 434 g/mol. The predicted octanol–water partition coefficient (Wildman–Crippen LogP) is 2.87. The number of halogens is 1. The smallest absolute Gasteiger partial charge is 0.251 e. The molecule has 4 rings (SSSR count). The maximum absolute atomic E-state index is 12.9. The van der Waals surface area contributed by atoms with Crippen LogP contribution in [-0.4, -0.2) is 28.4 Å². The lowest BCUT2D eigenvalue weighted by atomic mass is 10.1. The second-order valence-electron chi connectivity index (χ2n) is 7.30. The molecule has 9 heteroatoms. The van der Waals surface area contributed by atoms with Gasteiger partial charge in [0.1, 0.15) is 23.2 Å². The molecule has 31 heavy (non-hydrogen) atoms. The van der Waals surface area contributed by atoms with E-state index in [1.807, 2.05) is 6.07 Å². The van der Waals surface area contributed by atoms with Crippen LogP contribution in [0.25, 0.3) is 11.1 Å². The Bertz CT molecular complexity index is 1270. The minimum atomic E-state index is -1.05. The van der Waals surface area contributed by atoms with E-state index < -0.39 is 23.4 Å². The first-order valence-corrected chi connectivity index (χ1v) is 9.89. The Morgan fingerprint density at radius 2 is 2.00 bits per heavy atom. The summed E-state index contributed by atoms with van der Waals surface area (Å²) in [6, 6.07) is 14.4. The minimum absolute atomic E-state index is 0.0564. The molecule has 1 aliphatic rings. The molecule has 1 fully saturated rings. The molecule has 1 atom stereocenters. The third kappa shape index (κ3) is 4.35. The van der Waals surface area contributed by atoms with Crippen molar-refractivity contribution in [2.75, 3.05) is 0 Å². The van der Waals surface area contributed by atoms with Crippen molar-refractivity contribution >= 4 is 34.5 Å². The zero-order valence-electron chi connectivity index (χ0n) is 16.2. The number of hydrogen-bond acceptors (Lipinski definition) is 6. The number of oxazole rings is 1. The van der Waals surface area contributed by atoms with Crippen molar-refractivity contribution in [1.82, 2.24) is 15.6 Å². The van der Waals surface area contributed by atoms with Crippen LogP contribution in [0.1, 0.15) is 34.7 Å². The Balaban J connectivity index is 1.60. The van der Waals surface area contributed by atoms with Gasteiger partial charge in [-0.25, -0.2) is 4.98 Å². The summed E-state index contributed by atoms with van der Waals surface area (Å²) < 4.78 is 5.70. The predicted molar refractivity (Wildman–Crippen MR) is 111 cm³/mol. The summed E-state index contributed by atoms with van der Waals surface area (Å²) in [6.07, 6.45) is 1.05. The van der Waals surface area contributed by atoms with Gasteiger partial charge in [0, 0.05) is 10.6 Å². The number of carbonyl (C=O) groups excluding carboxylic acids is 2. The molecule has 0 aliphatic heterocycles. The highest BCUT2D eigenvalue weighted by atomic mass is 35.5. The molecule has 1 saturated carbocycles. The number of rotatable bonds is 6. The average Bonchev–Trinajstić information content (AvgIpc) is 3.41. The molecule has 1 aliphatic carbocycles. The molecular formula is C22H16ClN5O3. The van der Waals surface area contributed by atoms with E-state index in [4.69, 9.17) is 16.0 Å². The topological polar surface area (TPSA) is 132 Å². The first kappa shape index (κ1) is 20.4. The Morgan fingerprint density at radius 1 is 1.23 bits per heavy atom. The van der Waals surface area contributed by atoms with E-state index in [0.717, 1.165) is 0 Å². The molecule has 2 aromatic carbocycles. The Hall–Kier alpha value is -3.88. The highest BCUT2D eigenvalue weighted by Gasteiger charge is 2.45. The van der Waals surface area contributed by atoms with Crippen LogP contribution in [0.2, 0.25) is 5.02 Å². The van der Waals surface area contributed by atoms with Crippen LogP contribution in [0.3, 0.4) is 0 Å². The quantitative estimate of drug-likeness (QED) is 0.614. The van der Waals surface area contributed by atoms with Gasteiger partial charge in [0.05, 0.1) is 18.1 Å². The van der Waals surface area contributed by atoms with Gasteiger partial charge in [0.2, 0.25) is 5.91 Å². The van der Waals surface area contributed by atoms with Gasteiger partial charge in [-0.2, -0.15) is 10.5 Å². The van der Waals surface area contributed by atoms with Crippen LogP contribution in [0.4, 0.5) is 0 Å². The molecule has 8 nitrogen and oxygen atoms in total. The van der Waals surface area contributed by atoms with Gasteiger partial charge in [-0.15, -0.1) is 0 Å². The molecule has 0 bridgehead atoms. The first-order chi connectivity index (χ1) is 14.9. The van der Waals surface area contributed by atoms with Crippen molar-refractivity contribution in [1.29, 1.82) is 10.5 Å². The molecule has 1 aromatic heterocycles. The SMILES string of the molecule is N#Cc1cccc2nc(CC(NC(=O)c3cccc(Cl)c3)C(=O)NC3(C#N)CC3)oc12. The van der Waals surface area contributed by atoms with Gasteiger partial charge < -0.3 is 15.1 Å². The fourth-order valence-electron chi connectivity index (χ4n) is 3.14. The molecule has 2 amide bonds. The number of fused-ring (bicyclic) bond motifs is 1. The molecule has 0 radical (unpaired) electrons. The highest BCUT2D eigenvalue weighted by Crippen LogP contribution is 2.34. The van der Waals surface area contributed by atoms with Crippen molar-refractivity contribution in [2.45, 2.75) is 30.8 Å². The Morgan fingerprint density at radius 3 is 2.68 bits per heavy atom.